The Kier molecular flexibility index (Phi) is 5.57. The van der Waals surface area contributed by atoms with Crippen LogP contribution in [0.4, 0.5) is 13.2 Å². The monoisotopic (exact) mass is 534 g/mol. The predicted molar refractivity (Wildman–Crippen MR) is 125 cm³/mol. The lowest BCUT2D eigenvalue weighted by Gasteiger charge is -2.38. The van der Waals surface area contributed by atoms with Crippen molar-refractivity contribution in [2.45, 2.75) is 44.1 Å². The van der Waals surface area contributed by atoms with E-state index in [0.29, 0.717) is 22.4 Å². The fourth-order valence-electron chi connectivity index (χ4n) is 4.47. The number of carbonyl (C=O) groups excluding carboxylic acids is 1. The van der Waals surface area contributed by atoms with E-state index in [2.05, 4.69) is 4.18 Å². The first-order chi connectivity index (χ1) is 17.2. The molecule has 11 heteroatoms. The Morgan fingerprint density at radius 1 is 0.946 bits per heavy atom. The normalized spacial score (nSPS) is 18.4. The summed E-state index contributed by atoms with van der Waals surface area (Å²) in [5.41, 5.74) is -6.47. The number of rotatable bonds is 3. The van der Waals surface area contributed by atoms with Crippen molar-refractivity contribution in [3.8, 4) is 17.2 Å². The highest BCUT2D eigenvalue weighted by molar-refractivity contribution is 7.88. The van der Waals surface area contributed by atoms with E-state index in [9.17, 15) is 26.4 Å². The van der Waals surface area contributed by atoms with Crippen molar-refractivity contribution in [2.75, 3.05) is 0 Å². The van der Waals surface area contributed by atoms with Crippen molar-refractivity contribution < 1.29 is 44.8 Å². The van der Waals surface area contributed by atoms with Gasteiger partial charge < -0.3 is 18.4 Å². The number of ether oxygens (including phenoxy) is 3. The van der Waals surface area contributed by atoms with E-state index >= 15 is 0 Å². The van der Waals surface area contributed by atoms with Gasteiger partial charge in [0.25, 0.3) is 0 Å². The third-order valence-corrected chi connectivity index (χ3v) is 6.84. The second-order valence-electron chi connectivity index (χ2n) is 9.55. The van der Waals surface area contributed by atoms with Crippen molar-refractivity contribution in [3.05, 3.63) is 88.5 Å². The number of halogens is 3. The van der Waals surface area contributed by atoms with E-state index in [1.165, 1.54) is 18.2 Å². The van der Waals surface area contributed by atoms with E-state index in [0.717, 1.165) is 6.07 Å². The van der Waals surface area contributed by atoms with E-state index in [-0.39, 0.29) is 23.5 Å². The smallest absolute Gasteiger partial charge is 0.456 e. The summed E-state index contributed by atoms with van der Waals surface area (Å²) >= 11 is 0. The molecule has 1 atom stereocenters. The minimum absolute atomic E-state index is 0.0259. The first kappa shape index (κ1) is 25.1. The van der Waals surface area contributed by atoms with Crippen LogP contribution in [0.2, 0.25) is 0 Å². The summed E-state index contributed by atoms with van der Waals surface area (Å²) < 4.78 is 86.1. The summed E-state index contributed by atoms with van der Waals surface area (Å²) in [6.45, 7) is 5.19. The first-order valence-electron chi connectivity index (χ1n) is 11.2. The van der Waals surface area contributed by atoms with Gasteiger partial charge in [-0.2, -0.15) is 21.6 Å². The van der Waals surface area contributed by atoms with Crippen LogP contribution in [0.1, 0.15) is 53.4 Å². The van der Waals surface area contributed by atoms with Crippen LogP contribution in [0.5, 0.6) is 17.2 Å². The standard InChI is InChI=1S/C26H21F3O7S/c1-24(2,3)35-23(30)15-11-12-16-14-33-25(18(16)13-15)17-7-4-5-8-19(17)34-20-9-6-10-21(22(20)25)36-37(31,32)26(27,28)29/h4-13H,14H2,1-3H3. The van der Waals surface area contributed by atoms with Gasteiger partial charge in [0.15, 0.2) is 11.4 Å². The van der Waals surface area contributed by atoms with Crippen LogP contribution in [-0.4, -0.2) is 25.5 Å². The average molecular weight is 535 g/mol. The van der Waals surface area contributed by atoms with Crippen molar-refractivity contribution in [2.24, 2.45) is 0 Å². The lowest BCUT2D eigenvalue weighted by atomic mass is 9.77. The van der Waals surface area contributed by atoms with Gasteiger partial charge in [-0.3, -0.25) is 0 Å². The zero-order valence-corrected chi connectivity index (χ0v) is 20.7. The molecule has 3 aromatic carbocycles. The van der Waals surface area contributed by atoms with Crippen molar-refractivity contribution in [3.63, 3.8) is 0 Å². The highest BCUT2D eigenvalue weighted by atomic mass is 32.2. The minimum Gasteiger partial charge on any atom is -0.456 e. The topological polar surface area (TPSA) is 88.1 Å². The molecule has 2 aliphatic rings. The molecule has 0 fully saturated rings. The zero-order chi connectivity index (χ0) is 26.8. The molecule has 1 spiro atoms. The second-order valence-corrected chi connectivity index (χ2v) is 11.1. The number of para-hydroxylation sites is 1. The molecule has 7 nitrogen and oxygen atoms in total. The molecule has 3 aromatic rings. The number of esters is 1. The van der Waals surface area contributed by atoms with E-state index in [1.54, 1.807) is 57.2 Å². The molecule has 0 saturated carbocycles. The molecule has 0 amide bonds. The fourth-order valence-corrected chi connectivity index (χ4v) is 4.93. The SMILES string of the molecule is CC(C)(C)OC(=O)c1ccc2c(c1)C1(OC2)c2ccccc2Oc2cccc(OS(=O)(=O)C(F)(F)F)c21. The lowest BCUT2D eigenvalue weighted by molar-refractivity contribution is -0.0502. The lowest BCUT2D eigenvalue weighted by Crippen LogP contribution is -2.35. The molecule has 37 heavy (non-hydrogen) atoms. The maximum absolute atomic E-state index is 13.2. The van der Waals surface area contributed by atoms with Gasteiger partial charge in [-0.15, -0.1) is 0 Å². The third kappa shape index (κ3) is 4.11. The molecule has 0 N–H and O–H groups in total. The second kappa shape index (κ2) is 8.22. The Morgan fingerprint density at radius 2 is 1.65 bits per heavy atom. The zero-order valence-electron chi connectivity index (χ0n) is 19.9. The van der Waals surface area contributed by atoms with Gasteiger partial charge in [0.2, 0.25) is 0 Å². The Morgan fingerprint density at radius 3 is 2.35 bits per heavy atom. The van der Waals surface area contributed by atoms with E-state index in [4.69, 9.17) is 14.2 Å². The fraction of sp³-hybridized carbons (Fsp3) is 0.269. The van der Waals surface area contributed by atoms with Gasteiger partial charge in [-0.25, -0.2) is 4.79 Å². The average Bonchev–Trinajstić information content (AvgIpc) is 3.16. The van der Waals surface area contributed by atoms with Crippen LogP contribution < -0.4 is 8.92 Å². The molecule has 0 aromatic heterocycles. The molecule has 0 radical (unpaired) electrons. The molecule has 194 valence electrons. The summed E-state index contributed by atoms with van der Waals surface area (Å²) in [5.74, 6) is -0.826. The molecular weight excluding hydrogens is 513 g/mol. The van der Waals surface area contributed by atoms with Crippen molar-refractivity contribution in [1.29, 1.82) is 0 Å². The number of fused-ring (bicyclic) bond motifs is 6. The Bertz CT molecular complexity index is 1520. The largest absolute Gasteiger partial charge is 0.534 e. The first-order valence-corrected chi connectivity index (χ1v) is 12.6. The van der Waals surface area contributed by atoms with E-state index < -0.39 is 38.5 Å². The molecule has 2 heterocycles. The van der Waals surface area contributed by atoms with Crippen LogP contribution in [-0.2, 0) is 31.8 Å². The van der Waals surface area contributed by atoms with Crippen LogP contribution in [0.3, 0.4) is 0 Å². The van der Waals surface area contributed by atoms with Gasteiger partial charge in [0.05, 0.1) is 17.7 Å². The number of hydrogen-bond acceptors (Lipinski definition) is 7. The molecule has 0 bridgehead atoms. The quantitative estimate of drug-likeness (QED) is 0.239. The van der Waals surface area contributed by atoms with Crippen LogP contribution >= 0.6 is 0 Å². The summed E-state index contributed by atoms with van der Waals surface area (Å²) in [7, 11) is -6.01. The number of carbonyl (C=O) groups is 1. The molecule has 1 unspecified atom stereocenters. The van der Waals surface area contributed by atoms with Gasteiger partial charge in [-0.05, 0) is 62.2 Å². The summed E-state index contributed by atoms with van der Waals surface area (Å²) in [6, 6.07) is 15.4. The summed E-state index contributed by atoms with van der Waals surface area (Å²) in [5, 5.41) is 0. The molecule has 2 aliphatic heterocycles. The van der Waals surface area contributed by atoms with Gasteiger partial charge in [0, 0.05) is 5.56 Å². The maximum Gasteiger partial charge on any atom is 0.534 e. The predicted octanol–water partition coefficient (Wildman–Crippen LogP) is 5.80. The third-order valence-electron chi connectivity index (χ3n) is 5.88. The number of benzene rings is 3. The Hall–Kier alpha value is -3.57. The molecule has 5 rings (SSSR count). The van der Waals surface area contributed by atoms with Gasteiger partial charge in [0.1, 0.15) is 17.1 Å². The van der Waals surface area contributed by atoms with Gasteiger partial charge >= 0.3 is 21.6 Å². The van der Waals surface area contributed by atoms with Gasteiger partial charge in [-0.1, -0.05) is 30.3 Å². The Balaban J connectivity index is 1.76. The highest BCUT2D eigenvalue weighted by Gasteiger charge is 2.54. The molecular formula is C26H21F3O7S. The Labute approximate surface area is 210 Å². The van der Waals surface area contributed by atoms with Crippen molar-refractivity contribution >= 4 is 16.1 Å². The van der Waals surface area contributed by atoms with Crippen LogP contribution in [0.25, 0.3) is 0 Å². The number of hydrogen-bond donors (Lipinski definition) is 0. The number of alkyl halides is 3. The minimum atomic E-state index is -6.01. The van der Waals surface area contributed by atoms with Crippen LogP contribution in [0.15, 0.2) is 60.7 Å². The summed E-state index contributed by atoms with van der Waals surface area (Å²) in [6.07, 6.45) is 0. The van der Waals surface area contributed by atoms with E-state index in [1.807, 2.05) is 0 Å². The van der Waals surface area contributed by atoms with Crippen molar-refractivity contribution in [1.82, 2.24) is 0 Å². The molecule has 0 saturated heterocycles. The van der Waals surface area contributed by atoms with Crippen LogP contribution in [0, 0.1) is 0 Å². The molecule has 0 aliphatic carbocycles. The maximum atomic E-state index is 13.2. The highest BCUT2D eigenvalue weighted by Crippen LogP contribution is 2.59. The summed E-state index contributed by atoms with van der Waals surface area (Å²) in [4.78, 5) is 12.9.